The van der Waals surface area contributed by atoms with Crippen LogP contribution in [-0.2, 0) is 0 Å². The fourth-order valence-corrected chi connectivity index (χ4v) is 2.87. The van der Waals surface area contributed by atoms with Crippen molar-refractivity contribution in [2.75, 3.05) is 28.4 Å². The molecule has 0 radical (unpaired) electrons. The van der Waals surface area contributed by atoms with Crippen molar-refractivity contribution in [1.29, 1.82) is 0 Å². The van der Waals surface area contributed by atoms with Gasteiger partial charge in [-0.05, 0) is 35.2 Å². The molecular weight excluding hydrogens is 320 g/mol. The van der Waals surface area contributed by atoms with E-state index < -0.39 is 0 Å². The summed E-state index contributed by atoms with van der Waals surface area (Å²) in [5.41, 5.74) is 1.52. The fourth-order valence-electron chi connectivity index (χ4n) is 2.87. The van der Waals surface area contributed by atoms with E-state index in [1.165, 1.54) is 0 Å². The Bertz CT molecular complexity index is 918. The third-order valence-electron chi connectivity index (χ3n) is 4.19. The Morgan fingerprint density at radius 1 is 0.640 bits per heavy atom. The number of methoxy groups -OCH3 is 4. The van der Waals surface area contributed by atoms with Crippen LogP contribution in [0.2, 0.25) is 0 Å². The molecule has 3 aromatic carbocycles. The summed E-state index contributed by atoms with van der Waals surface area (Å²) < 4.78 is 21.3. The van der Waals surface area contributed by atoms with Crippen LogP contribution in [0.25, 0.3) is 21.9 Å². The van der Waals surface area contributed by atoms with Gasteiger partial charge in [-0.2, -0.15) is 0 Å². The van der Waals surface area contributed by atoms with Gasteiger partial charge in [0.15, 0.2) is 23.0 Å². The lowest BCUT2D eigenvalue weighted by Crippen LogP contribution is -1.92. The minimum Gasteiger partial charge on any atom is -0.507 e. The quantitative estimate of drug-likeness (QED) is 0.752. The maximum Gasteiger partial charge on any atom is 0.161 e. The number of aromatic hydroxyl groups is 1. The highest BCUT2D eigenvalue weighted by Crippen LogP contribution is 2.42. The van der Waals surface area contributed by atoms with Crippen molar-refractivity contribution >= 4 is 10.8 Å². The highest BCUT2D eigenvalue weighted by molar-refractivity contribution is 5.96. The summed E-state index contributed by atoms with van der Waals surface area (Å²) in [6, 6.07) is 12.9. The topological polar surface area (TPSA) is 57.2 Å². The van der Waals surface area contributed by atoms with Crippen LogP contribution in [0.3, 0.4) is 0 Å². The molecular formula is C20H20O5. The zero-order chi connectivity index (χ0) is 18.0. The number of phenols is 1. The van der Waals surface area contributed by atoms with Gasteiger partial charge in [-0.15, -0.1) is 0 Å². The number of rotatable bonds is 5. The fraction of sp³-hybridized carbons (Fsp3) is 0.200. The van der Waals surface area contributed by atoms with Crippen molar-refractivity contribution in [2.45, 2.75) is 0 Å². The number of benzene rings is 3. The molecule has 25 heavy (non-hydrogen) atoms. The van der Waals surface area contributed by atoms with Crippen molar-refractivity contribution in [1.82, 2.24) is 0 Å². The second kappa shape index (κ2) is 6.81. The molecule has 0 aliphatic carbocycles. The monoisotopic (exact) mass is 340 g/mol. The Labute approximate surface area is 146 Å². The average Bonchev–Trinajstić information content (AvgIpc) is 2.66. The first-order valence-corrected chi connectivity index (χ1v) is 7.73. The van der Waals surface area contributed by atoms with Crippen LogP contribution in [0.1, 0.15) is 0 Å². The van der Waals surface area contributed by atoms with Crippen LogP contribution in [0.5, 0.6) is 28.7 Å². The second-order valence-corrected chi connectivity index (χ2v) is 5.46. The minimum absolute atomic E-state index is 0.172. The number of phenolic OH excluding ortho intramolecular Hbond substituents is 1. The Balaban J connectivity index is 2.19. The molecule has 3 rings (SSSR count). The summed E-state index contributed by atoms with van der Waals surface area (Å²) in [7, 11) is 6.32. The Morgan fingerprint density at radius 2 is 1.24 bits per heavy atom. The molecule has 0 aliphatic heterocycles. The third kappa shape index (κ3) is 2.89. The van der Waals surface area contributed by atoms with Crippen LogP contribution in [0.15, 0.2) is 42.5 Å². The standard InChI is InChI=1S/C20H20O5/c1-22-16-8-6-12(9-17(16)23-2)14-7-5-13-10-18(24-3)19(25-4)11-15(13)20(14)21/h5-11,21H,1-4H3. The van der Waals surface area contributed by atoms with Crippen LogP contribution < -0.4 is 18.9 Å². The SMILES string of the molecule is COc1ccc(-c2ccc3cc(OC)c(OC)cc3c2O)cc1OC. The van der Waals surface area contributed by atoms with E-state index in [2.05, 4.69) is 0 Å². The van der Waals surface area contributed by atoms with E-state index >= 15 is 0 Å². The molecule has 5 heteroatoms. The third-order valence-corrected chi connectivity index (χ3v) is 4.19. The largest absolute Gasteiger partial charge is 0.507 e. The second-order valence-electron chi connectivity index (χ2n) is 5.46. The number of hydrogen-bond donors (Lipinski definition) is 1. The Hall–Kier alpha value is -3.08. The van der Waals surface area contributed by atoms with Gasteiger partial charge in [0.05, 0.1) is 28.4 Å². The number of hydrogen-bond acceptors (Lipinski definition) is 5. The molecule has 0 bridgehead atoms. The van der Waals surface area contributed by atoms with Crippen molar-refractivity contribution < 1.29 is 24.1 Å². The Kier molecular flexibility index (Phi) is 4.57. The molecule has 0 heterocycles. The molecule has 0 spiro atoms. The lowest BCUT2D eigenvalue weighted by molar-refractivity contribution is 0.355. The molecule has 0 aliphatic rings. The minimum atomic E-state index is 0.172. The maximum atomic E-state index is 10.8. The van der Waals surface area contributed by atoms with Crippen molar-refractivity contribution in [3.8, 4) is 39.9 Å². The molecule has 0 aromatic heterocycles. The first kappa shape index (κ1) is 16.8. The molecule has 1 N–H and O–H groups in total. The van der Waals surface area contributed by atoms with Gasteiger partial charge in [-0.25, -0.2) is 0 Å². The van der Waals surface area contributed by atoms with Crippen molar-refractivity contribution in [3.05, 3.63) is 42.5 Å². The zero-order valence-corrected chi connectivity index (χ0v) is 14.6. The first-order valence-electron chi connectivity index (χ1n) is 7.73. The predicted molar refractivity (Wildman–Crippen MR) is 97.3 cm³/mol. The highest BCUT2D eigenvalue weighted by atomic mass is 16.5. The molecule has 5 nitrogen and oxygen atoms in total. The summed E-state index contributed by atoms with van der Waals surface area (Å²) in [6.45, 7) is 0. The van der Waals surface area contributed by atoms with E-state index in [1.54, 1.807) is 34.5 Å². The molecule has 0 unspecified atom stereocenters. The molecule has 0 atom stereocenters. The van der Waals surface area contributed by atoms with Crippen LogP contribution >= 0.6 is 0 Å². The predicted octanol–water partition coefficient (Wildman–Crippen LogP) is 4.25. The molecule has 0 saturated heterocycles. The summed E-state index contributed by atoms with van der Waals surface area (Å²) in [4.78, 5) is 0. The summed E-state index contributed by atoms with van der Waals surface area (Å²) in [6.07, 6.45) is 0. The van der Waals surface area contributed by atoms with Gasteiger partial charge < -0.3 is 24.1 Å². The van der Waals surface area contributed by atoms with Gasteiger partial charge in [0, 0.05) is 10.9 Å². The number of ether oxygens (including phenoxy) is 4. The van der Waals surface area contributed by atoms with E-state index in [4.69, 9.17) is 18.9 Å². The maximum absolute atomic E-state index is 10.8. The summed E-state index contributed by atoms with van der Waals surface area (Å²) >= 11 is 0. The van der Waals surface area contributed by atoms with Gasteiger partial charge in [0.25, 0.3) is 0 Å². The van der Waals surface area contributed by atoms with Crippen LogP contribution in [0.4, 0.5) is 0 Å². The lowest BCUT2D eigenvalue weighted by atomic mass is 9.99. The van der Waals surface area contributed by atoms with Gasteiger partial charge >= 0.3 is 0 Å². The van der Waals surface area contributed by atoms with Crippen LogP contribution in [0, 0.1) is 0 Å². The smallest absolute Gasteiger partial charge is 0.161 e. The van der Waals surface area contributed by atoms with Gasteiger partial charge in [-0.1, -0.05) is 18.2 Å². The average molecular weight is 340 g/mol. The lowest BCUT2D eigenvalue weighted by Gasteiger charge is -2.14. The number of fused-ring (bicyclic) bond motifs is 1. The molecule has 130 valence electrons. The van der Waals surface area contributed by atoms with E-state index in [0.717, 1.165) is 10.9 Å². The van der Waals surface area contributed by atoms with Gasteiger partial charge in [0.2, 0.25) is 0 Å². The molecule has 0 saturated carbocycles. The van der Waals surface area contributed by atoms with Crippen molar-refractivity contribution in [3.63, 3.8) is 0 Å². The normalized spacial score (nSPS) is 10.6. The molecule has 0 fully saturated rings. The highest BCUT2D eigenvalue weighted by Gasteiger charge is 2.14. The molecule has 3 aromatic rings. The zero-order valence-electron chi connectivity index (χ0n) is 14.6. The van der Waals surface area contributed by atoms with E-state index in [9.17, 15) is 5.11 Å². The van der Waals surface area contributed by atoms with Crippen molar-refractivity contribution in [2.24, 2.45) is 0 Å². The van der Waals surface area contributed by atoms with Gasteiger partial charge in [0.1, 0.15) is 5.75 Å². The van der Waals surface area contributed by atoms with Crippen LogP contribution in [-0.4, -0.2) is 33.5 Å². The van der Waals surface area contributed by atoms with Gasteiger partial charge in [-0.3, -0.25) is 0 Å². The first-order chi connectivity index (χ1) is 12.1. The summed E-state index contributed by atoms with van der Waals surface area (Å²) in [5.74, 6) is 2.60. The Morgan fingerprint density at radius 3 is 1.88 bits per heavy atom. The van der Waals surface area contributed by atoms with E-state index in [0.29, 0.717) is 33.9 Å². The van der Waals surface area contributed by atoms with E-state index in [-0.39, 0.29) is 5.75 Å². The van der Waals surface area contributed by atoms with E-state index in [1.807, 2.05) is 36.4 Å². The summed E-state index contributed by atoms with van der Waals surface area (Å²) in [5, 5.41) is 12.4. The molecule has 0 amide bonds.